The van der Waals surface area contributed by atoms with E-state index in [9.17, 15) is 0 Å². The Morgan fingerprint density at radius 1 is 1.42 bits per heavy atom. The van der Waals surface area contributed by atoms with Crippen LogP contribution in [-0.2, 0) is 6.54 Å². The summed E-state index contributed by atoms with van der Waals surface area (Å²) in [6.07, 6.45) is 10.3. The van der Waals surface area contributed by atoms with Crippen LogP contribution in [0.5, 0.6) is 0 Å². The predicted octanol–water partition coefficient (Wildman–Crippen LogP) is 3.23. The molecule has 0 radical (unpaired) electrons. The third kappa shape index (κ3) is 2.57. The molecule has 0 aliphatic heterocycles. The molecule has 2 unspecified atom stereocenters. The molecule has 0 bridgehead atoms. The second kappa shape index (κ2) is 5.19. The second-order valence-electron chi connectivity index (χ2n) is 5.91. The van der Waals surface area contributed by atoms with Crippen LogP contribution >= 0.6 is 0 Å². The highest BCUT2D eigenvalue weighted by Gasteiger charge is 2.19. The summed E-state index contributed by atoms with van der Waals surface area (Å²) in [5, 5.41) is 0. The average molecular weight is 258 g/mol. The van der Waals surface area contributed by atoms with Gasteiger partial charge in [-0.05, 0) is 30.7 Å². The minimum Gasteiger partial charge on any atom is -0.369 e. The Kier molecular flexibility index (Phi) is 3.40. The molecular weight excluding hydrogens is 236 g/mol. The molecule has 0 aromatic carbocycles. The molecule has 4 heteroatoms. The number of aryl methyl sites for hydroxylation is 1. The maximum atomic E-state index is 6.02. The summed E-state index contributed by atoms with van der Waals surface area (Å²) in [6.45, 7) is 3.35. The standard InChI is InChI=1S/C15H22N4/c1-11-3-2-4-12(9-11)6-8-19-14-5-7-17-10-13(14)18-15(19)16/h5,7,10-12H,2-4,6,8-9H2,1H3,(H2,16,18). The zero-order valence-electron chi connectivity index (χ0n) is 11.5. The molecule has 0 amide bonds. The SMILES string of the molecule is CC1CCCC(CCn2c(N)nc3cnccc32)C1. The lowest BCUT2D eigenvalue weighted by molar-refractivity contribution is 0.262. The summed E-state index contributed by atoms with van der Waals surface area (Å²) in [5.41, 5.74) is 8.03. The Hall–Kier alpha value is -1.58. The van der Waals surface area contributed by atoms with Crippen molar-refractivity contribution >= 4 is 17.0 Å². The predicted molar refractivity (Wildman–Crippen MR) is 77.7 cm³/mol. The zero-order valence-corrected chi connectivity index (χ0v) is 11.5. The van der Waals surface area contributed by atoms with Gasteiger partial charge in [-0.25, -0.2) is 4.98 Å². The van der Waals surface area contributed by atoms with Crippen molar-refractivity contribution in [1.82, 2.24) is 14.5 Å². The van der Waals surface area contributed by atoms with Gasteiger partial charge in [-0.15, -0.1) is 0 Å². The van der Waals surface area contributed by atoms with E-state index in [1.807, 2.05) is 12.3 Å². The van der Waals surface area contributed by atoms with Gasteiger partial charge in [0.25, 0.3) is 0 Å². The van der Waals surface area contributed by atoms with Gasteiger partial charge in [0.05, 0.1) is 11.7 Å². The highest BCUT2D eigenvalue weighted by molar-refractivity contribution is 5.76. The molecular formula is C15H22N4. The van der Waals surface area contributed by atoms with E-state index in [2.05, 4.69) is 21.5 Å². The molecule has 3 rings (SSSR count). The second-order valence-corrected chi connectivity index (χ2v) is 5.91. The van der Waals surface area contributed by atoms with Crippen molar-refractivity contribution in [3.8, 4) is 0 Å². The van der Waals surface area contributed by atoms with Crippen LogP contribution in [0.15, 0.2) is 18.5 Å². The Morgan fingerprint density at radius 3 is 3.16 bits per heavy atom. The van der Waals surface area contributed by atoms with Crippen LogP contribution < -0.4 is 5.73 Å². The van der Waals surface area contributed by atoms with Crippen LogP contribution in [0, 0.1) is 11.8 Å². The summed E-state index contributed by atoms with van der Waals surface area (Å²) in [4.78, 5) is 8.47. The van der Waals surface area contributed by atoms with Crippen LogP contribution in [0.3, 0.4) is 0 Å². The number of rotatable bonds is 3. The smallest absolute Gasteiger partial charge is 0.201 e. The number of aromatic nitrogens is 3. The fourth-order valence-corrected chi connectivity index (χ4v) is 3.37. The quantitative estimate of drug-likeness (QED) is 0.919. The van der Waals surface area contributed by atoms with Crippen molar-refractivity contribution in [2.45, 2.75) is 45.6 Å². The lowest BCUT2D eigenvalue weighted by Gasteiger charge is -2.26. The fraction of sp³-hybridized carbons (Fsp3) is 0.600. The van der Waals surface area contributed by atoms with E-state index in [1.165, 1.54) is 32.1 Å². The van der Waals surface area contributed by atoms with E-state index in [-0.39, 0.29) is 0 Å². The summed E-state index contributed by atoms with van der Waals surface area (Å²) < 4.78 is 2.14. The van der Waals surface area contributed by atoms with Gasteiger partial charge in [-0.1, -0.05) is 26.2 Å². The van der Waals surface area contributed by atoms with Gasteiger partial charge in [0.2, 0.25) is 5.95 Å². The van der Waals surface area contributed by atoms with Crippen LogP contribution in [0.1, 0.15) is 39.0 Å². The Labute approximate surface area is 114 Å². The molecule has 2 N–H and O–H groups in total. The number of imidazole rings is 1. The molecule has 0 spiro atoms. The minimum absolute atomic E-state index is 0.617. The van der Waals surface area contributed by atoms with Crippen molar-refractivity contribution in [2.75, 3.05) is 5.73 Å². The van der Waals surface area contributed by atoms with Crippen molar-refractivity contribution in [2.24, 2.45) is 11.8 Å². The molecule has 2 atom stereocenters. The number of fused-ring (bicyclic) bond motifs is 1. The minimum atomic E-state index is 0.617. The number of hydrogen-bond acceptors (Lipinski definition) is 3. The summed E-state index contributed by atoms with van der Waals surface area (Å²) >= 11 is 0. The van der Waals surface area contributed by atoms with E-state index in [0.717, 1.165) is 29.4 Å². The molecule has 0 saturated heterocycles. The van der Waals surface area contributed by atoms with E-state index in [1.54, 1.807) is 6.20 Å². The molecule has 4 nitrogen and oxygen atoms in total. The number of pyridine rings is 1. The largest absolute Gasteiger partial charge is 0.369 e. The summed E-state index contributed by atoms with van der Waals surface area (Å²) in [5.74, 6) is 2.36. The zero-order chi connectivity index (χ0) is 13.2. The summed E-state index contributed by atoms with van der Waals surface area (Å²) in [6, 6.07) is 2.00. The molecule has 2 heterocycles. The molecule has 1 saturated carbocycles. The Morgan fingerprint density at radius 2 is 2.32 bits per heavy atom. The molecule has 2 aromatic heterocycles. The highest BCUT2D eigenvalue weighted by Crippen LogP contribution is 2.31. The van der Waals surface area contributed by atoms with Gasteiger partial charge in [0, 0.05) is 12.7 Å². The maximum Gasteiger partial charge on any atom is 0.201 e. The first-order valence-electron chi connectivity index (χ1n) is 7.30. The first kappa shape index (κ1) is 12.5. The van der Waals surface area contributed by atoms with Gasteiger partial charge >= 0.3 is 0 Å². The first-order valence-corrected chi connectivity index (χ1v) is 7.30. The normalized spacial score (nSPS) is 23.8. The monoisotopic (exact) mass is 258 g/mol. The van der Waals surface area contributed by atoms with Crippen molar-refractivity contribution in [3.05, 3.63) is 18.5 Å². The average Bonchev–Trinajstić information content (AvgIpc) is 2.72. The lowest BCUT2D eigenvalue weighted by atomic mass is 9.81. The number of nitrogens with zero attached hydrogens (tertiary/aromatic N) is 3. The van der Waals surface area contributed by atoms with E-state index < -0.39 is 0 Å². The third-order valence-corrected chi connectivity index (χ3v) is 4.39. The van der Waals surface area contributed by atoms with Gasteiger partial charge < -0.3 is 10.3 Å². The topological polar surface area (TPSA) is 56.7 Å². The van der Waals surface area contributed by atoms with Crippen LogP contribution in [0.4, 0.5) is 5.95 Å². The summed E-state index contributed by atoms with van der Waals surface area (Å²) in [7, 11) is 0. The fourth-order valence-electron chi connectivity index (χ4n) is 3.37. The van der Waals surface area contributed by atoms with Crippen molar-refractivity contribution in [3.63, 3.8) is 0 Å². The molecule has 19 heavy (non-hydrogen) atoms. The van der Waals surface area contributed by atoms with Gasteiger partial charge in [0.15, 0.2) is 0 Å². The van der Waals surface area contributed by atoms with Crippen LogP contribution in [-0.4, -0.2) is 14.5 Å². The number of nitrogens with two attached hydrogens (primary N) is 1. The highest BCUT2D eigenvalue weighted by atomic mass is 15.2. The molecule has 1 aliphatic rings. The van der Waals surface area contributed by atoms with Crippen molar-refractivity contribution < 1.29 is 0 Å². The maximum absolute atomic E-state index is 6.02. The van der Waals surface area contributed by atoms with Gasteiger partial charge in [0.1, 0.15) is 5.52 Å². The van der Waals surface area contributed by atoms with Crippen LogP contribution in [0.2, 0.25) is 0 Å². The molecule has 102 valence electrons. The number of anilines is 1. The van der Waals surface area contributed by atoms with Gasteiger partial charge in [-0.2, -0.15) is 0 Å². The molecule has 2 aromatic rings. The lowest BCUT2D eigenvalue weighted by Crippen LogP contribution is -2.15. The third-order valence-electron chi connectivity index (χ3n) is 4.39. The van der Waals surface area contributed by atoms with Crippen molar-refractivity contribution in [1.29, 1.82) is 0 Å². The van der Waals surface area contributed by atoms with E-state index >= 15 is 0 Å². The Bertz CT molecular complexity index is 560. The van der Waals surface area contributed by atoms with Crippen LogP contribution in [0.25, 0.3) is 11.0 Å². The van der Waals surface area contributed by atoms with Gasteiger partial charge in [-0.3, -0.25) is 4.98 Å². The number of hydrogen-bond donors (Lipinski definition) is 1. The Balaban J connectivity index is 1.73. The number of nitrogen functional groups attached to an aromatic ring is 1. The van der Waals surface area contributed by atoms with E-state index in [4.69, 9.17) is 5.73 Å². The van der Waals surface area contributed by atoms with E-state index in [0.29, 0.717) is 5.95 Å². The molecule has 1 aliphatic carbocycles. The first-order chi connectivity index (χ1) is 9.24. The molecule has 1 fully saturated rings.